The van der Waals surface area contributed by atoms with Crippen molar-refractivity contribution >= 4 is 61.5 Å². The van der Waals surface area contributed by atoms with Gasteiger partial charge in [-0.25, -0.2) is 0 Å². The minimum Gasteiger partial charge on any atom is -0.199 e. The number of hydrogen-bond acceptors (Lipinski definition) is 2. The average Bonchev–Trinajstić information content (AvgIpc) is 3.76. The Morgan fingerprint density at radius 2 is 0.701 bits per heavy atom. The van der Waals surface area contributed by atoms with Crippen molar-refractivity contribution in [1.82, 2.24) is 0 Å². The quantitative estimate of drug-likeness (QED) is 0.0814. The summed E-state index contributed by atoms with van der Waals surface area (Å²) < 4.78 is 0. The van der Waals surface area contributed by atoms with E-state index in [0.717, 1.165) is 33.0 Å². The van der Waals surface area contributed by atoms with Crippen LogP contribution in [0.25, 0.3) is 0 Å². The monoisotopic (exact) mass is 1160 g/mol. The molecule has 8 aromatic carbocycles. The zero-order chi connectivity index (χ0) is 54.8. The van der Waals surface area contributed by atoms with E-state index >= 15 is 0 Å². The van der Waals surface area contributed by atoms with Gasteiger partial charge in [0, 0.05) is 0 Å². The number of fused-ring (bicyclic) bond motifs is 1. The Bertz CT molecular complexity index is 2960. The third-order valence-corrected chi connectivity index (χ3v) is 46.6. The Morgan fingerprint density at radius 1 is 0.429 bits per heavy atom. The summed E-state index contributed by atoms with van der Waals surface area (Å²) in [6.07, 6.45) is 7.95. The molecular weight excluding hydrogens is 1080 g/mol. The summed E-state index contributed by atoms with van der Waals surface area (Å²) in [5, 5.41) is 34.8. The van der Waals surface area contributed by atoms with E-state index < -0.39 is 35.3 Å². The first-order valence-corrected chi connectivity index (χ1v) is 41.7. The largest absolute Gasteiger partial charge is 0.199 e. The van der Waals surface area contributed by atoms with E-state index in [-0.39, 0.29) is 25.1 Å². The second kappa shape index (κ2) is 25.9. The summed E-state index contributed by atoms with van der Waals surface area (Å²) in [5.74, 6) is 3.11. The zero-order valence-corrected chi connectivity index (χ0v) is 53.2. The Kier molecular flexibility index (Phi) is 19.6. The van der Waals surface area contributed by atoms with Crippen molar-refractivity contribution in [1.29, 1.82) is 0 Å². The molecule has 2 nitrogen and oxygen atoms in total. The maximum atomic E-state index is 12.9. The molecule has 7 heteroatoms. The maximum absolute atomic E-state index is 12.9. The first kappa shape index (κ1) is 58.3. The first-order chi connectivity index (χ1) is 36.9. The summed E-state index contributed by atoms with van der Waals surface area (Å²) in [7, 11) is -4.64. The molecule has 10 rings (SSSR count). The molecule has 8 aromatic rings. The van der Waals surface area contributed by atoms with Gasteiger partial charge < -0.3 is 0 Å². The molecule has 0 bridgehead atoms. The fourth-order valence-corrected chi connectivity index (χ4v) is 47.6. The van der Waals surface area contributed by atoms with E-state index in [2.05, 4.69) is 214 Å². The van der Waals surface area contributed by atoms with Gasteiger partial charge in [0.05, 0.1) is 0 Å². The molecular formula is C70H82O2S2Si2Zr-2. The second-order valence-corrected chi connectivity index (χ2v) is 47.0. The maximum Gasteiger partial charge on any atom is -0.0866 e. The van der Waals surface area contributed by atoms with Gasteiger partial charge in [0.15, 0.2) is 0 Å². The van der Waals surface area contributed by atoms with Crippen LogP contribution in [-0.4, -0.2) is 36.9 Å². The van der Waals surface area contributed by atoms with Crippen molar-refractivity contribution in [2.45, 2.75) is 126 Å². The second-order valence-electron chi connectivity index (χ2n) is 23.5. The molecule has 2 unspecified atom stereocenters. The molecule has 400 valence electrons. The van der Waals surface area contributed by atoms with E-state index in [4.69, 9.17) is 0 Å². The number of phenolic OH excluding ortho intramolecular Hbond substituents is 2. The minimum absolute atomic E-state index is 0.0592. The third kappa shape index (κ3) is 13.9. The molecule has 1 aliphatic heterocycles. The molecule has 1 aliphatic carbocycles. The van der Waals surface area contributed by atoms with Crippen LogP contribution < -0.4 is 31.1 Å². The number of aromatic hydroxyl groups is 2. The first-order valence-electron chi connectivity index (χ1n) is 27.7. The molecule has 1 saturated carbocycles. The van der Waals surface area contributed by atoms with Crippen LogP contribution in [0, 0.1) is 13.8 Å². The molecule has 4 atom stereocenters. The molecule has 2 aliphatic rings. The van der Waals surface area contributed by atoms with Crippen molar-refractivity contribution in [3.63, 3.8) is 0 Å². The van der Waals surface area contributed by atoms with Gasteiger partial charge in [-0.15, -0.1) is 24.3 Å². The molecule has 2 N–H and O–H groups in total. The van der Waals surface area contributed by atoms with Crippen LogP contribution in [0.15, 0.2) is 206 Å². The molecule has 0 aromatic heterocycles. The summed E-state index contributed by atoms with van der Waals surface area (Å²) >= 11 is -0.984. The van der Waals surface area contributed by atoms with E-state index in [1.54, 1.807) is 0 Å². The van der Waals surface area contributed by atoms with Gasteiger partial charge >= 0.3 is 396 Å². The normalized spacial score (nSPS) is 17.6. The predicted octanol–water partition coefficient (Wildman–Crippen LogP) is 14.9. The van der Waals surface area contributed by atoms with Gasteiger partial charge in [0.2, 0.25) is 0 Å². The van der Waals surface area contributed by atoms with Gasteiger partial charge in [0.1, 0.15) is 0 Å². The van der Waals surface area contributed by atoms with E-state index in [1.165, 1.54) is 81.5 Å². The number of hydrogen-bond donors (Lipinski definition) is 2. The zero-order valence-electron chi connectivity index (χ0n) is 47.1. The van der Waals surface area contributed by atoms with E-state index in [9.17, 15) is 10.2 Å². The van der Waals surface area contributed by atoms with Gasteiger partial charge in [-0.3, -0.25) is 0 Å². The van der Waals surface area contributed by atoms with Crippen LogP contribution in [0.1, 0.15) is 113 Å². The van der Waals surface area contributed by atoms with E-state index in [1.807, 2.05) is 60.7 Å². The van der Waals surface area contributed by atoms with Crippen molar-refractivity contribution in [2.24, 2.45) is 0 Å². The number of phenols is 2. The predicted molar refractivity (Wildman–Crippen MR) is 340 cm³/mol. The summed E-state index contributed by atoms with van der Waals surface area (Å²) in [4.78, 5) is 0. The Morgan fingerprint density at radius 3 is 0.948 bits per heavy atom. The average molecular weight is 1170 g/mol. The van der Waals surface area contributed by atoms with Crippen LogP contribution in [-0.2, 0) is 41.5 Å². The number of benzene rings is 8. The van der Waals surface area contributed by atoms with Crippen molar-refractivity contribution < 1.29 is 29.4 Å². The minimum atomic E-state index is -2.59. The molecule has 0 amide bonds. The van der Waals surface area contributed by atoms with Crippen LogP contribution in [0.4, 0.5) is 0 Å². The Balaban J connectivity index is 0.000000485. The number of rotatable bonds is 10. The molecule has 0 spiro atoms. The summed E-state index contributed by atoms with van der Waals surface area (Å²) in [6.45, 7) is 26.4. The van der Waals surface area contributed by atoms with Crippen LogP contribution in [0.3, 0.4) is 0 Å². The summed E-state index contributed by atoms with van der Waals surface area (Å²) in [5.41, 5.74) is 7.06. The van der Waals surface area contributed by atoms with Crippen molar-refractivity contribution in [3.8, 4) is 11.5 Å². The summed E-state index contributed by atoms with van der Waals surface area (Å²) in [6, 6.07) is 73.5. The van der Waals surface area contributed by atoms with Gasteiger partial charge in [-0.1, -0.05) is 12.1 Å². The molecule has 1 heterocycles. The van der Waals surface area contributed by atoms with Gasteiger partial charge in [0.25, 0.3) is 0 Å². The Hall–Kier alpha value is -4.88. The van der Waals surface area contributed by atoms with Crippen LogP contribution in [0.5, 0.6) is 11.5 Å². The topological polar surface area (TPSA) is 40.5 Å². The van der Waals surface area contributed by atoms with Crippen LogP contribution in [0.2, 0.25) is 13.1 Å². The SMILES string of the molecule is CC(C)(C)c1cc(C[S]2=[Zr]=[S@@](Cc3cc(C(C)(C)C)cc([Si](C)(c4ccccc4)c4ccccc4)c3O)C3CCCCCC[C@@H]32)c(O)c([Si](C)(c2ccccc2)c2ccccc2)c1.[CH2-]c1ccccc1.[CH2-]c1ccccc1. The molecule has 0 radical (unpaired) electrons. The van der Waals surface area contributed by atoms with Crippen molar-refractivity contribution in [3.05, 3.63) is 253 Å². The fourth-order valence-electron chi connectivity index (χ4n) is 11.2. The third-order valence-electron chi connectivity index (χ3n) is 16.0. The van der Waals surface area contributed by atoms with Gasteiger partial charge in [-0.05, 0) is 0 Å². The van der Waals surface area contributed by atoms with Gasteiger partial charge in [-0.2, -0.15) is 49.2 Å². The van der Waals surface area contributed by atoms with E-state index in [0.29, 0.717) is 22.0 Å². The fraction of sp³-hybridized carbons (Fsp3) is 0.286. The standard InChI is InChI=1S/C56H68O2S2Si2.2C7H7.Zr/c1-55(2,3)43-35-41(53(57)51(37-43)61(7,45-25-15-11-16-26-45)46-27-17-12-18-28-46)39-59-49-33-23-9-10-24-34-50(49)60-40-42-36-44(56(4,5)6)38-52(54(42)58)62(8,47-29-19-13-20-30-47)48-31-21-14-22-32-48;2*1-7-5-3-2-4-6-7;/h11-22,25-32,35-38,49-50,57-58H,9-10,23-24,33-34,39-40H2,1-8H3;2*2-6H,1H2;/q;2*-1;/t49-,50?;;;/m0.../s1. The molecule has 1 fully saturated rings. The smallest absolute Gasteiger partial charge is 0.0866 e. The van der Waals surface area contributed by atoms with Crippen LogP contribution >= 0.6 is 14.2 Å². The molecule has 0 saturated heterocycles. The van der Waals surface area contributed by atoms with Crippen molar-refractivity contribution in [2.75, 3.05) is 0 Å². The molecule has 77 heavy (non-hydrogen) atoms. The Labute approximate surface area is 477 Å².